The highest BCUT2D eigenvalue weighted by Gasteiger charge is 2.51. The van der Waals surface area contributed by atoms with Crippen molar-refractivity contribution in [2.24, 2.45) is 29.1 Å². The van der Waals surface area contributed by atoms with E-state index in [0.717, 1.165) is 23.7 Å². The van der Waals surface area contributed by atoms with Gasteiger partial charge >= 0.3 is 0 Å². The number of fused-ring (bicyclic) bond motifs is 2. The zero-order valence-corrected chi connectivity index (χ0v) is 9.76. The molecule has 0 nitrogen and oxygen atoms in total. The maximum atomic E-state index is 2.58. The fourth-order valence-corrected chi connectivity index (χ4v) is 5.26. The van der Waals surface area contributed by atoms with Crippen LogP contribution in [0.4, 0.5) is 0 Å². The molecule has 3 aliphatic rings. The summed E-state index contributed by atoms with van der Waals surface area (Å²) < 4.78 is 0. The molecule has 0 amide bonds. The molecule has 3 fully saturated rings. The standard InChI is InChI=1S/C14H24/c1-14(2)12-7-3-5-10(12)9-11-6-4-8-13(11)14/h10-13H,3-9H2,1-2H3. The Morgan fingerprint density at radius 2 is 1.29 bits per heavy atom. The molecule has 0 spiro atoms. The fraction of sp³-hybridized carbons (Fsp3) is 1.00. The molecule has 4 atom stereocenters. The molecule has 0 aliphatic heterocycles. The van der Waals surface area contributed by atoms with Crippen molar-refractivity contribution in [3.63, 3.8) is 0 Å². The van der Waals surface area contributed by atoms with Crippen LogP contribution in [-0.4, -0.2) is 0 Å². The third-order valence-electron chi connectivity index (χ3n) is 5.83. The molecule has 3 rings (SSSR count). The molecule has 0 bridgehead atoms. The molecule has 0 saturated heterocycles. The third kappa shape index (κ3) is 1.12. The number of rotatable bonds is 0. The summed E-state index contributed by atoms with van der Waals surface area (Å²) in [7, 11) is 0. The summed E-state index contributed by atoms with van der Waals surface area (Å²) in [4.78, 5) is 0. The SMILES string of the molecule is CC1(C)C2CCCC2CC2CCCC21. The molecule has 0 radical (unpaired) electrons. The zero-order chi connectivity index (χ0) is 9.76. The van der Waals surface area contributed by atoms with Gasteiger partial charge in [0.15, 0.2) is 0 Å². The Bertz CT molecular complexity index is 206. The predicted octanol–water partition coefficient (Wildman–Crippen LogP) is 4.25. The van der Waals surface area contributed by atoms with Gasteiger partial charge in [-0.2, -0.15) is 0 Å². The van der Waals surface area contributed by atoms with Crippen molar-refractivity contribution in [2.75, 3.05) is 0 Å². The van der Waals surface area contributed by atoms with Crippen molar-refractivity contribution >= 4 is 0 Å². The minimum Gasteiger partial charge on any atom is -0.0594 e. The lowest BCUT2D eigenvalue weighted by molar-refractivity contribution is 0.000131. The topological polar surface area (TPSA) is 0 Å². The van der Waals surface area contributed by atoms with Gasteiger partial charge in [-0.05, 0) is 48.3 Å². The van der Waals surface area contributed by atoms with E-state index < -0.39 is 0 Å². The smallest absolute Gasteiger partial charge is 0.0292 e. The van der Waals surface area contributed by atoms with Crippen molar-refractivity contribution in [2.45, 2.75) is 58.8 Å². The van der Waals surface area contributed by atoms with Gasteiger partial charge in [0.05, 0.1) is 0 Å². The third-order valence-corrected chi connectivity index (χ3v) is 5.83. The predicted molar refractivity (Wildman–Crippen MR) is 60.1 cm³/mol. The molecule has 80 valence electrons. The van der Waals surface area contributed by atoms with Gasteiger partial charge in [0, 0.05) is 0 Å². The summed E-state index contributed by atoms with van der Waals surface area (Å²) in [5.74, 6) is 4.40. The second-order valence-electron chi connectivity index (χ2n) is 6.65. The number of hydrogen-bond acceptors (Lipinski definition) is 0. The molecular weight excluding hydrogens is 168 g/mol. The fourth-order valence-electron chi connectivity index (χ4n) is 5.26. The summed E-state index contributed by atoms with van der Waals surface area (Å²) in [5.41, 5.74) is 0.681. The van der Waals surface area contributed by atoms with Crippen LogP contribution in [0.1, 0.15) is 58.8 Å². The van der Waals surface area contributed by atoms with E-state index in [2.05, 4.69) is 13.8 Å². The van der Waals surface area contributed by atoms with Crippen molar-refractivity contribution in [1.29, 1.82) is 0 Å². The minimum atomic E-state index is 0.681. The highest BCUT2D eigenvalue weighted by Crippen LogP contribution is 2.60. The highest BCUT2D eigenvalue weighted by atomic mass is 14.6. The van der Waals surface area contributed by atoms with Crippen LogP contribution in [-0.2, 0) is 0 Å². The normalized spacial score (nSPS) is 50.1. The Morgan fingerprint density at radius 1 is 0.786 bits per heavy atom. The van der Waals surface area contributed by atoms with Gasteiger partial charge in [-0.3, -0.25) is 0 Å². The largest absolute Gasteiger partial charge is 0.0594 e. The molecule has 0 aromatic heterocycles. The Balaban J connectivity index is 1.90. The first-order valence-corrected chi connectivity index (χ1v) is 6.69. The molecule has 3 saturated carbocycles. The molecule has 0 heterocycles. The van der Waals surface area contributed by atoms with Crippen LogP contribution in [0.15, 0.2) is 0 Å². The lowest BCUT2D eigenvalue weighted by Gasteiger charge is -2.49. The maximum Gasteiger partial charge on any atom is -0.0292 e. The van der Waals surface area contributed by atoms with Crippen LogP contribution in [0.2, 0.25) is 0 Å². The minimum absolute atomic E-state index is 0.681. The van der Waals surface area contributed by atoms with Gasteiger partial charge < -0.3 is 0 Å². The van der Waals surface area contributed by atoms with E-state index in [1.807, 2.05) is 0 Å². The van der Waals surface area contributed by atoms with Crippen LogP contribution >= 0.6 is 0 Å². The van der Waals surface area contributed by atoms with E-state index in [0.29, 0.717) is 5.41 Å². The van der Waals surface area contributed by atoms with Crippen molar-refractivity contribution < 1.29 is 0 Å². The maximum absolute atomic E-state index is 2.58. The van der Waals surface area contributed by atoms with E-state index in [-0.39, 0.29) is 0 Å². The monoisotopic (exact) mass is 192 g/mol. The Kier molecular flexibility index (Phi) is 1.98. The van der Waals surface area contributed by atoms with Crippen molar-refractivity contribution in [1.82, 2.24) is 0 Å². The quantitative estimate of drug-likeness (QED) is 0.538. The summed E-state index contributed by atoms with van der Waals surface area (Å²) in [6.07, 6.45) is 10.8. The second kappa shape index (κ2) is 3.00. The summed E-state index contributed by atoms with van der Waals surface area (Å²) in [5, 5.41) is 0. The van der Waals surface area contributed by atoms with Crippen LogP contribution < -0.4 is 0 Å². The molecule has 0 aromatic carbocycles. The highest BCUT2D eigenvalue weighted by molar-refractivity contribution is 5.01. The van der Waals surface area contributed by atoms with Gasteiger partial charge in [0.1, 0.15) is 0 Å². The van der Waals surface area contributed by atoms with Gasteiger partial charge in [-0.25, -0.2) is 0 Å². The summed E-state index contributed by atoms with van der Waals surface area (Å²) in [6, 6.07) is 0. The Hall–Kier alpha value is 0. The van der Waals surface area contributed by atoms with Crippen LogP contribution in [0.25, 0.3) is 0 Å². The summed E-state index contributed by atoms with van der Waals surface area (Å²) in [6.45, 7) is 5.16. The average Bonchev–Trinajstić information content (AvgIpc) is 2.71. The molecule has 3 aliphatic carbocycles. The zero-order valence-electron chi connectivity index (χ0n) is 9.76. The van der Waals surface area contributed by atoms with E-state index in [1.54, 1.807) is 32.1 Å². The summed E-state index contributed by atoms with van der Waals surface area (Å²) >= 11 is 0. The molecular formula is C14H24. The Labute approximate surface area is 88.5 Å². The van der Waals surface area contributed by atoms with E-state index >= 15 is 0 Å². The van der Waals surface area contributed by atoms with E-state index in [4.69, 9.17) is 0 Å². The van der Waals surface area contributed by atoms with Crippen LogP contribution in [0, 0.1) is 29.1 Å². The lowest BCUT2D eigenvalue weighted by atomic mass is 9.56. The molecule has 4 unspecified atom stereocenters. The van der Waals surface area contributed by atoms with E-state index in [9.17, 15) is 0 Å². The molecule has 0 N–H and O–H groups in total. The van der Waals surface area contributed by atoms with Crippen molar-refractivity contribution in [3.05, 3.63) is 0 Å². The first-order chi connectivity index (χ1) is 6.69. The van der Waals surface area contributed by atoms with Gasteiger partial charge in [-0.1, -0.05) is 39.5 Å². The van der Waals surface area contributed by atoms with Gasteiger partial charge in [0.2, 0.25) is 0 Å². The first-order valence-electron chi connectivity index (χ1n) is 6.69. The second-order valence-corrected chi connectivity index (χ2v) is 6.65. The van der Waals surface area contributed by atoms with Gasteiger partial charge in [-0.15, -0.1) is 0 Å². The van der Waals surface area contributed by atoms with Crippen LogP contribution in [0.5, 0.6) is 0 Å². The molecule has 0 heteroatoms. The lowest BCUT2D eigenvalue weighted by Crippen LogP contribution is -2.42. The number of hydrogen-bond donors (Lipinski definition) is 0. The van der Waals surface area contributed by atoms with E-state index in [1.165, 1.54) is 12.8 Å². The molecule has 14 heavy (non-hydrogen) atoms. The first kappa shape index (κ1) is 9.24. The molecule has 0 aromatic rings. The van der Waals surface area contributed by atoms with Crippen LogP contribution in [0.3, 0.4) is 0 Å². The Morgan fingerprint density at radius 3 is 1.79 bits per heavy atom. The average molecular weight is 192 g/mol. The van der Waals surface area contributed by atoms with Crippen molar-refractivity contribution in [3.8, 4) is 0 Å². The van der Waals surface area contributed by atoms with Gasteiger partial charge in [0.25, 0.3) is 0 Å².